The third-order valence-electron chi connectivity index (χ3n) is 10.9. The van der Waals surface area contributed by atoms with Crippen LogP contribution >= 0.6 is 0 Å². The molecule has 4 fully saturated rings. The number of hydrogen-bond donors (Lipinski definition) is 2. The van der Waals surface area contributed by atoms with Crippen LogP contribution in [-0.2, 0) is 4.74 Å². The highest BCUT2D eigenvalue weighted by Crippen LogP contribution is 2.54. The molecule has 13 heteroatoms. The Bertz CT molecular complexity index is 1890. The molecule has 10 rings (SSSR count). The molecule has 4 aromatic rings. The number of alkyl halides is 1. The van der Waals surface area contributed by atoms with Crippen LogP contribution < -0.4 is 15.0 Å². The SMILES string of the molecule is Cc1cc2[nH]ncc2c2c1C1CC1CCOC(=O)N[C@@H]1CCN(C1)c1nc(OC[C@@]34CCCN3C[C@H](F)C4)nc3c(F)c-2ncc13. The van der Waals surface area contributed by atoms with Gasteiger partial charge in [-0.1, -0.05) is 0 Å². The normalized spacial score (nSPS) is 29.1. The molecule has 11 nitrogen and oxygen atoms in total. The molecule has 3 aromatic heterocycles. The Hall–Kier alpha value is -4.13. The molecule has 1 amide bonds. The summed E-state index contributed by atoms with van der Waals surface area (Å²) in [6.45, 7) is 4.88. The molecular weight excluding hydrogens is 594 g/mol. The molecule has 6 aliphatic rings. The third-order valence-corrected chi connectivity index (χ3v) is 10.9. The van der Waals surface area contributed by atoms with Crippen LogP contribution in [0.1, 0.15) is 55.6 Å². The molecule has 0 spiro atoms. The highest BCUT2D eigenvalue weighted by molar-refractivity contribution is 6.00. The van der Waals surface area contributed by atoms with Crippen molar-refractivity contribution >= 4 is 33.7 Å². The highest BCUT2D eigenvalue weighted by Gasteiger charge is 2.49. The van der Waals surface area contributed by atoms with Gasteiger partial charge in [0.2, 0.25) is 0 Å². The van der Waals surface area contributed by atoms with Gasteiger partial charge in [0.25, 0.3) is 0 Å². The molecule has 1 saturated carbocycles. The fraction of sp³-hybridized carbons (Fsp3) is 0.545. The number of rotatable bonds is 3. The van der Waals surface area contributed by atoms with E-state index in [1.54, 1.807) is 12.4 Å². The van der Waals surface area contributed by atoms with Crippen LogP contribution in [0.4, 0.5) is 19.4 Å². The number of halogens is 2. The van der Waals surface area contributed by atoms with Gasteiger partial charge < -0.3 is 19.7 Å². The van der Waals surface area contributed by atoms with Crippen molar-refractivity contribution in [2.45, 2.75) is 69.1 Å². The Balaban J connectivity index is 1.20. The molecule has 8 heterocycles. The van der Waals surface area contributed by atoms with E-state index in [2.05, 4.69) is 31.5 Å². The van der Waals surface area contributed by atoms with Crippen molar-refractivity contribution in [2.24, 2.45) is 5.92 Å². The molecular formula is C33H36F2N8O3. The lowest BCUT2D eigenvalue weighted by Gasteiger charge is -2.31. The summed E-state index contributed by atoms with van der Waals surface area (Å²) in [5, 5.41) is 11.6. The quantitative estimate of drug-likeness (QED) is 0.329. The number of anilines is 1. The Morgan fingerprint density at radius 2 is 2.09 bits per heavy atom. The van der Waals surface area contributed by atoms with Gasteiger partial charge in [0, 0.05) is 43.2 Å². The van der Waals surface area contributed by atoms with Crippen molar-refractivity contribution in [1.82, 2.24) is 35.4 Å². The number of aromatic amines is 1. The van der Waals surface area contributed by atoms with Crippen molar-refractivity contribution in [3.8, 4) is 17.3 Å². The number of H-pyrrole nitrogens is 1. The largest absolute Gasteiger partial charge is 0.461 e. The second kappa shape index (κ2) is 10.4. The van der Waals surface area contributed by atoms with Gasteiger partial charge in [0.15, 0.2) is 5.82 Å². The van der Waals surface area contributed by atoms with E-state index >= 15 is 4.39 Å². The summed E-state index contributed by atoms with van der Waals surface area (Å²) in [5.41, 5.74) is 3.51. The van der Waals surface area contributed by atoms with E-state index in [4.69, 9.17) is 19.4 Å². The molecule has 1 aromatic carbocycles. The van der Waals surface area contributed by atoms with Crippen LogP contribution in [0.25, 0.3) is 33.1 Å². The fourth-order valence-corrected chi connectivity index (χ4v) is 8.63. The highest BCUT2D eigenvalue weighted by atomic mass is 19.1. The van der Waals surface area contributed by atoms with Crippen molar-refractivity contribution in [3.05, 3.63) is 35.4 Å². The number of nitrogens with zero attached hydrogens (tertiary/aromatic N) is 6. The number of aryl methyl sites for hydroxylation is 1. The summed E-state index contributed by atoms with van der Waals surface area (Å²) in [7, 11) is 0. The third kappa shape index (κ3) is 4.49. The van der Waals surface area contributed by atoms with E-state index in [9.17, 15) is 9.18 Å². The van der Waals surface area contributed by atoms with E-state index < -0.39 is 23.6 Å². The Kier molecular flexibility index (Phi) is 6.38. The first-order valence-electron chi connectivity index (χ1n) is 16.4. The summed E-state index contributed by atoms with van der Waals surface area (Å²) in [6, 6.07) is 1.95. The van der Waals surface area contributed by atoms with Gasteiger partial charge in [0.05, 0.1) is 35.3 Å². The lowest BCUT2D eigenvalue weighted by molar-refractivity contribution is 0.107. The first-order chi connectivity index (χ1) is 22.4. The number of aromatic nitrogens is 5. The summed E-state index contributed by atoms with van der Waals surface area (Å²) >= 11 is 0. The molecule has 5 aliphatic heterocycles. The number of nitrogens with one attached hydrogen (secondary N) is 2. The van der Waals surface area contributed by atoms with Crippen molar-refractivity contribution in [2.75, 3.05) is 44.3 Å². The number of carbonyl (C=O) groups excluding carboxylic acids is 1. The van der Waals surface area contributed by atoms with Gasteiger partial charge in [-0.3, -0.25) is 15.0 Å². The zero-order valence-electron chi connectivity index (χ0n) is 25.7. The number of fused-ring (bicyclic) bond motifs is 7. The molecule has 0 radical (unpaired) electrons. The number of benzene rings is 1. The van der Waals surface area contributed by atoms with Crippen LogP contribution in [0.15, 0.2) is 18.5 Å². The number of pyridine rings is 1. The second-order valence-electron chi connectivity index (χ2n) is 13.8. The smallest absolute Gasteiger partial charge is 0.407 e. The van der Waals surface area contributed by atoms with Gasteiger partial charge >= 0.3 is 12.1 Å². The Morgan fingerprint density at radius 1 is 1.17 bits per heavy atom. The van der Waals surface area contributed by atoms with Gasteiger partial charge in [-0.05, 0) is 74.6 Å². The Labute approximate surface area is 264 Å². The van der Waals surface area contributed by atoms with Crippen molar-refractivity contribution < 1.29 is 23.0 Å². The van der Waals surface area contributed by atoms with E-state index in [1.807, 2.05) is 11.8 Å². The van der Waals surface area contributed by atoms with Gasteiger partial charge in [0.1, 0.15) is 29.8 Å². The minimum absolute atomic E-state index is 0.0519. The second-order valence-corrected chi connectivity index (χ2v) is 13.8. The number of carbonyl (C=O) groups is 1. The maximum atomic E-state index is 17.1. The van der Waals surface area contributed by atoms with E-state index in [0.717, 1.165) is 54.3 Å². The molecule has 2 unspecified atom stereocenters. The number of alkyl carbamates (subject to hydrolysis) is 1. The maximum absolute atomic E-state index is 17.1. The summed E-state index contributed by atoms with van der Waals surface area (Å²) in [4.78, 5) is 31.1. The zero-order valence-corrected chi connectivity index (χ0v) is 25.7. The first-order valence-corrected chi connectivity index (χ1v) is 16.4. The van der Waals surface area contributed by atoms with Crippen molar-refractivity contribution in [3.63, 3.8) is 0 Å². The van der Waals surface area contributed by atoms with Crippen LogP contribution in [0.2, 0.25) is 0 Å². The molecule has 6 bridgehead atoms. The zero-order chi connectivity index (χ0) is 31.2. The summed E-state index contributed by atoms with van der Waals surface area (Å²) in [6.07, 6.45) is 6.60. The standard InChI is InChI=1S/C33H36F2N8O3/c1-17-9-24-22(13-37-41-24)26-25(17)21-10-18(21)4-8-45-32(44)38-20-3-7-42(15-20)30-23-12-36-29(26)27(35)28(23)39-31(40-30)46-16-33-5-2-6-43(33)14-19(34)11-33/h9,12-13,18-21H,2-8,10-11,14-16H2,1H3,(H,37,41)(H,38,44)/t18?,19-,20-,21?,33+/m1/s1. The number of amides is 1. The predicted molar refractivity (Wildman–Crippen MR) is 166 cm³/mol. The number of hydrogen-bond acceptors (Lipinski definition) is 9. The molecule has 1 aliphatic carbocycles. The predicted octanol–water partition coefficient (Wildman–Crippen LogP) is 4.78. The van der Waals surface area contributed by atoms with E-state index in [1.165, 1.54) is 0 Å². The average molecular weight is 631 g/mol. The Morgan fingerprint density at radius 3 is 3.00 bits per heavy atom. The molecule has 5 atom stereocenters. The van der Waals surface area contributed by atoms with Gasteiger partial charge in [-0.2, -0.15) is 15.1 Å². The van der Waals surface area contributed by atoms with Crippen LogP contribution in [-0.4, -0.2) is 93.3 Å². The molecule has 2 N–H and O–H groups in total. The monoisotopic (exact) mass is 630 g/mol. The average Bonchev–Trinajstić information content (AvgIpc) is 3.42. The summed E-state index contributed by atoms with van der Waals surface area (Å²) < 4.78 is 43.5. The molecule has 240 valence electrons. The number of ether oxygens (including phenoxy) is 2. The summed E-state index contributed by atoms with van der Waals surface area (Å²) in [5.74, 6) is 0.434. The minimum Gasteiger partial charge on any atom is -0.461 e. The van der Waals surface area contributed by atoms with Crippen LogP contribution in [0.3, 0.4) is 0 Å². The van der Waals surface area contributed by atoms with Crippen LogP contribution in [0.5, 0.6) is 6.01 Å². The molecule has 46 heavy (non-hydrogen) atoms. The lowest BCUT2D eigenvalue weighted by Crippen LogP contribution is -2.43. The lowest BCUT2D eigenvalue weighted by atomic mass is 9.91. The van der Waals surface area contributed by atoms with Gasteiger partial charge in [-0.15, -0.1) is 0 Å². The van der Waals surface area contributed by atoms with E-state index in [-0.39, 0.29) is 35.8 Å². The fourth-order valence-electron chi connectivity index (χ4n) is 8.63. The van der Waals surface area contributed by atoms with Crippen molar-refractivity contribution in [1.29, 1.82) is 0 Å². The van der Waals surface area contributed by atoms with Crippen LogP contribution in [0, 0.1) is 18.7 Å². The maximum Gasteiger partial charge on any atom is 0.407 e. The van der Waals surface area contributed by atoms with E-state index in [0.29, 0.717) is 61.8 Å². The minimum atomic E-state index is -0.894. The van der Waals surface area contributed by atoms with Gasteiger partial charge in [-0.25, -0.2) is 13.6 Å². The topological polar surface area (TPSA) is 121 Å². The molecule has 3 saturated heterocycles. The first kappa shape index (κ1) is 28.1.